The van der Waals surface area contributed by atoms with Crippen LogP contribution in [0.15, 0.2) is 48.5 Å². The molecule has 0 unspecified atom stereocenters. The van der Waals surface area contributed by atoms with Crippen LogP contribution in [0, 0.1) is 13.8 Å². The lowest BCUT2D eigenvalue weighted by atomic mass is 9.80. The van der Waals surface area contributed by atoms with Gasteiger partial charge in [0.1, 0.15) is 0 Å². The fraction of sp³-hybridized carbons (Fsp3) is 0.250. The summed E-state index contributed by atoms with van der Waals surface area (Å²) in [6, 6.07) is 16.3. The Hall–Kier alpha value is -1.64. The summed E-state index contributed by atoms with van der Waals surface area (Å²) in [6.07, 6.45) is 0. The third-order valence-corrected chi connectivity index (χ3v) is 3.57. The van der Waals surface area contributed by atoms with Crippen molar-refractivity contribution in [3.8, 4) is 0 Å². The third kappa shape index (κ3) is 2.05. The Kier molecular flexibility index (Phi) is 3.50. The minimum Gasteiger partial charge on any atom is -0.328 e. The van der Waals surface area contributed by atoms with E-state index < -0.39 is 5.54 Å². The molecule has 0 spiro atoms. The average Bonchev–Trinajstić information content (AvgIpc) is 2.39. The highest BCUT2D eigenvalue weighted by molar-refractivity contribution is 5.45. The van der Waals surface area contributed by atoms with Crippen molar-refractivity contribution < 1.29 is 0 Å². The van der Waals surface area contributed by atoms with Crippen molar-refractivity contribution in [1.29, 1.82) is 0 Å². The zero-order chi connectivity index (χ0) is 13.2. The highest BCUT2D eigenvalue weighted by Gasteiger charge is 2.30. The van der Waals surface area contributed by atoms with E-state index >= 15 is 0 Å². The molecule has 0 aromatic heterocycles. The summed E-state index contributed by atoms with van der Waals surface area (Å²) in [7, 11) is 0. The quantitative estimate of drug-likeness (QED) is 0.866. The molecule has 2 aromatic carbocycles. The van der Waals surface area contributed by atoms with E-state index in [1.54, 1.807) is 0 Å². The van der Waals surface area contributed by atoms with Crippen LogP contribution in [-0.4, -0.2) is 6.54 Å². The van der Waals surface area contributed by atoms with Crippen molar-refractivity contribution in [2.45, 2.75) is 19.4 Å². The number of nitrogens with two attached hydrogens (primary N) is 2. The monoisotopic (exact) mass is 240 g/mol. The van der Waals surface area contributed by atoms with Crippen molar-refractivity contribution in [3.63, 3.8) is 0 Å². The van der Waals surface area contributed by atoms with Gasteiger partial charge in [0.05, 0.1) is 5.54 Å². The van der Waals surface area contributed by atoms with Crippen molar-refractivity contribution in [1.82, 2.24) is 0 Å². The van der Waals surface area contributed by atoms with Crippen LogP contribution in [0.1, 0.15) is 22.3 Å². The Morgan fingerprint density at radius 2 is 1.22 bits per heavy atom. The molecular weight excluding hydrogens is 220 g/mol. The topological polar surface area (TPSA) is 52.0 Å². The average molecular weight is 240 g/mol. The van der Waals surface area contributed by atoms with Crippen LogP contribution < -0.4 is 11.5 Å². The maximum absolute atomic E-state index is 6.62. The Labute approximate surface area is 109 Å². The molecule has 4 N–H and O–H groups in total. The number of rotatable bonds is 3. The Morgan fingerprint density at radius 3 is 1.56 bits per heavy atom. The first-order chi connectivity index (χ1) is 8.59. The highest BCUT2D eigenvalue weighted by atomic mass is 14.8. The van der Waals surface area contributed by atoms with Crippen LogP contribution in [0.3, 0.4) is 0 Å². The first-order valence-corrected chi connectivity index (χ1v) is 6.21. The molecule has 0 aliphatic carbocycles. The van der Waals surface area contributed by atoms with Crippen molar-refractivity contribution in [2.24, 2.45) is 11.5 Å². The smallest absolute Gasteiger partial charge is 0.0795 e. The van der Waals surface area contributed by atoms with Crippen LogP contribution in [0.5, 0.6) is 0 Å². The van der Waals surface area contributed by atoms with Gasteiger partial charge in [-0.05, 0) is 36.1 Å². The van der Waals surface area contributed by atoms with E-state index in [2.05, 4.69) is 38.1 Å². The van der Waals surface area contributed by atoms with Crippen molar-refractivity contribution in [2.75, 3.05) is 6.54 Å². The van der Waals surface area contributed by atoms with Crippen LogP contribution in [-0.2, 0) is 5.54 Å². The van der Waals surface area contributed by atoms with Gasteiger partial charge in [0.15, 0.2) is 0 Å². The van der Waals surface area contributed by atoms with E-state index in [1.165, 1.54) is 11.1 Å². The second-order valence-corrected chi connectivity index (χ2v) is 4.81. The molecule has 94 valence electrons. The van der Waals surface area contributed by atoms with Gasteiger partial charge in [0.2, 0.25) is 0 Å². The van der Waals surface area contributed by atoms with E-state index in [1.807, 2.05) is 24.3 Å². The zero-order valence-electron chi connectivity index (χ0n) is 11.0. The summed E-state index contributed by atoms with van der Waals surface area (Å²) >= 11 is 0. The maximum atomic E-state index is 6.62. The number of hydrogen-bond donors (Lipinski definition) is 2. The zero-order valence-corrected chi connectivity index (χ0v) is 11.0. The van der Waals surface area contributed by atoms with Crippen LogP contribution in [0.25, 0.3) is 0 Å². The Balaban J connectivity index is 2.63. The van der Waals surface area contributed by atoms with Gasteiger partial charge in [-0.15, -0.1) is 0 Å². The molecule has 2 aromatic rings. The van der Waals surface area contributed by atoms with Crippen LogP contribution in [0.4, 0.5) is 0 Å². The molecule has 18 heavy (non-hydrogen) atoms. The van der Waals surface area contributed by atoms with Crippen molar-refractivity contribution >= 4 is 0 Å². The summed E-state index contributed by atoms with van der Waals surface area (Å²) in [4.78, 5) is 0. The minimum absolute atomic E-state index is 0.392. The van der Waals surface area contributed by atoms with Crippen LogP contribution >= 0.6 is 0 Å². The highest BCUT2D eigenvalue weighted by Crippen LogP contribution is 2.30. The van der Waals surface area contributed by atoms with Gasteiger partial charge in [0, 0.05) is 6.54 Å². The molecule has 0 saturated heterocycles. The predicted molar refractivity (Wildman–Crippen MR) is 76.4 cm³/mol. The summed E-state index contributed by atoms with van der Waals surface area (Å²) in [5.74, 6) is 0. The molecule has 0 amide bonds. The second-order valence-electron chi connectivity index (χ2n) is 4.81. The molecule has 2 heteroatoms. The molecule has 0 aliphatic rings. The fourth-order valence-corrected chi connectivity index (χ4v) is 2.51. The lowest BCUT2D eigenvalue weighted by Crippen LogP contribution is -2.46. The van der Waals surface area contributed by atoms with Gasteiger partial charge < -0.3 is 11.5 Å². The van der Waals surface area contributed by atoms with E-state index in [0.29, 0.717) is 6.54 Å². The second kappa shape index (κ2) is 4.92. The van der Waals surface area contributed by atoms with Gasteiger partial charge >= 0.3 is 0 Å². The largest absolute Gasteiger partial charge is 0.328 e. The molecule has 2 nitrogen and oxygen atoms in total. The van der Waals surface area contributed by atoms with Gasteiger partial charge in [0.25, 0.3) is 0 Å². The third-order valence-electron chi connectivity index (χ3n) is 3.57. The molecule has 0 aliphatic heterocycles. The SMILES string of the molecule is Cc1ccccc1C(N)(CN)c1ccccc1C. The lowest BCUT2D eigenvalue weighted by molar-refractivity contribution is 0.545. The van der Waals surface area contributed by atoms with E-state index in [-0.39, 0.29) is 0 Å². The number of benzene rings is 2. The molecule has 2 rings (SSSR count). The van der Waals surface area contributed by atoms with Gasteiger partial charge in [-0.25, -0.2) is 0 Å². The summed E-state index contributed by atoms with van der Waals surface area (Å²) in [5, 5.41) is 0. The van der Waals surface area contributed by atoms with Crippen molar-refractivity contribution in [3.05, 3.63) is 70.8 Å². The molecule has 0 heterocycles. The predicted octanol–water partition coefficient (Wildman–Crippen LogP) is 2.46. The number of aryl methyl sites for hydroxylation is 2. The molecule has 0 radical (unpaired) electrons. The minimum atomic E-state index is -0.614. The first-order valence-electron chi connectivity index (χ1n) is 6.21. The van der Waals surface area contributed by atoms with E-state index in [9.17, 15) is 0 Å². The van der Waals surface area contributed by atoms with Gasteiger partial charge in [-0.3, -0.25) is 0 Å². The van der Waals surface area contributed by atoms with E-state index in [0.717, 1.165) is 11.1 Å². The Morgan fingerprint density at radius 1 is 0.833 bits per heavy atom. The molecule has 0 atom stereocenters. The van der Waals surface area contributed by atoms with Crippen LogP contribution in [0.2, 0.25) is 0 Å². The number of hydrogen-bond acceptors (Lipinski definition) is 2. The lowest BCUT2D eigenvalue weighted by Gasteiger charge is -2.32. The first kappa shape index (κ1) is 12.8. The van der Waals surface area contributed by atoms with Gasteiger partial charge in [-0.1, -0.05) is 48.5 Å². The molecule has 0 fully saturated rings. The molecule has 0 bridgehead atoms. The fourth-order valence-electron chi connectivity index (χ4n) is 2.51. The summed E-state index contributed by atoms with van der Waals surface area (Å²) in [5.41, 5.74) is 16.5. The molecular formula is C16H20N2. The summed E-state index contributed by atoms with van der Waals surface area (Å²) in [6.45, 7) is 4.54. The summed E-state index contributed by atoms with van der Waals surface area (Å²) < 4.78 is 0. The van der Waals surface area contributed by atoms with E-state index in [4.69, 9.17) is 11.5 Å². The molecule has 0 saturated carbocycles. The Bertz CT molecular complexity index is 501. The standard InChI is InChI=1S/C16H20N2/c1-12-7-3-5-9-14(12)16(18,11-17)15-10-6-4-8-13(15)2/h3-10H,11,17-18H2,1-2H3. The van der Waals surface area contributed by atoms with Gasteiger partial charge in [-0.2, -0.15) is 0 Å². The maximum Gasteiger partial charge on any atom is 0.0795 e. The normalized spacial score (nSPS) is 11.6.